The molecule has 1 aromatic heterocycles. The number of hydrogen-bond donors (Lipinski definition) is 0. The first-order chi connectivity index (χ1) is 4.79. The Morgan fingerprint density at radius 3 is 2.50 bits per heavy atom. The molecule has 1 aromatic rings. The Kier molecular flexibility index (Phi) is 1.67. The van der Waals surface area contributed by atoms with Crippen molar-refractivity contribution < 1.29 is 0 Å². The van der Waals surface area contributed by atoms with Crippen LogP contribution in [0.15, 0.2) is 13.2 Å². The van der Waals surface area contributed by atoms with Gasteiger partial charge in [-0.3, -0.25) is 0 Å². The Morgan fingerprint density at radius 1 is 1.40 bits per heavy atom. The zero-order valence-corrected chi connectivity index (χ0v) is 5.91. The number of aryl methyl sites for hydroxylation is 1. The Bertz CT molecular complexity index is 260. The van der Waals surface area contributed by atoms with E-state index in [4.69, 9.17) is 0 Å². The van der Waals surface area contributed by atoms with Crippen molar-refractivity contribution in [2.75, 3.05) is 0 Å². The van der Waals surface area contributed by atoms with Crippen LogP contribution in [0.1, 0.15) is 11.4 Å². The van der Waals surface area contributed by atoms with Crippen molar-refractivity contribution >= 4 is 12.2 Å². The molecular formula is C7H9N3. The van der Waals surface area contributed by atoms with Crippen LogP contribution in [-0.2, 0) is 7.05 Å². The molecule has 0 bridgehead atoms. The molecule has 0 unspecified atom stereocenters. The van der Waals surface area contributed by atoms with Crippen molar-refractivity contribution in [3.8, 4) is 0 Å². The first kappa shape index (κ1) is 6.74. The van der Waals surface area contributed by atoms with Crippen LogP contribution in [0.25, 0.3) is 12.2 Å². The molecule has 0 spiro atoms. The third kappa shape index (κ3) is 0.857. The van der Waals surface area contributed by atoms with Gasteiger partial charge in [-0.05, 0) is 12.2 Å². The van der Waals surface area contributed by atoms with E-state index in [1.54, 1.807) is 16.8 Å². The molecular weight excluding hydrogens is 126 g/mol. The van der Waals surface area contributed by atoms with Gasteiger partial charge in [0.2, 0.25) is 0 Å². The van der Waals surface area contributed by atoms with Crippen molar-refractivity contribution in [1.29, 1.82) is 0 Å². The van der Waals surface area contributed by atoms with E-state index in [1.165, 1.54) is 0 Å². The summed E-state index contributed by atoms with van der Waals surface area (Å²) >= 11 is 0. The SMILES string of the molecule is C=Cc1nnn(C)c1C=C. The van der Waals surface area contributed by atoms with Gasteiger partial charge in [-0.2, -0.15) is 0 Å². The third-order valence-corrected chi connectivity index (χ3v) is 1.28. The number of aromatic nitrogens is 3. The average Bonchev–Trinajstić information content (AvgIpc) is 2.30. The monoisotopic (exact) mass is 135 g/mol. The number of nitrogens with zero attached hydrogens (tertiary/aromatic N) is 3. The maximum Gasteiger partial charge on any atom is 0.112 e. The molecule has 0 saturated carbocycles. The molecule has 0 aromatic carbocycles. The summed E-state index contributed by atoms with van der Waals surface area (Å²) in [6.45, 7) is 7.21. The van der Waals surface area contributed by atoms with Crippen molar-refractivity contribution in [3.05, 3.63) is 24.5 Å². The summed E-state index contributed by atoms with van der Waals surface area (Å²) in [7, 11) is 1.82. The predicted octanol–water partition coefficient (Wildman–Crippen LogP) is 1.10. The number of hydrogen-bond acceptors (Lipinski definition) is 2. The molecule has 0 aliphatic carbocycles. The molecule has 3 nitrogen and oxygen atoms in total. The van der Waals surface area contributed by atoms with Crippen LogP contribution in [0.3, 0.4) is 0 Å². The lowest BCUT2D eigenvalue weighted by atomic mass is 10.3. The van der Waals surface area contributed by atoms with Gasteiger partial charge in [-0.15, -0.1) is 5.10 Å². The minimum Gasteiger partial charge on any atom is -0.248 e. The quantitative estimate of drug-likeness (QED) is 0.608. The van der Waals surface area contributed by atoms with Gasteiger partial charge in [0, 0.05) is 7.05 Å². The fourth-order valence-electron chi connectivity index (χ4n) is 0.763. The molecule has 0 radical (unpaired) electrons. The second-order valence-corrected chi connectivity index (χ2v) is 1.89. The standard InChI is InChI=1S/C7H9N3/c1-4-6-7(5-2)10(3)9-8-6/h4-5H,1-2H2,3H3. The van der Waals surface area contributed by atoms with Gasteiger partial charge in [0.1, 0.15) is 5.69 Å². The van der Waals surface area contributed by atoms with Crippen LogP contribution >= 0.6 is 0 Å². The van der Waals surface area contributed by atoms with Crippen molar-refractivity contribution in [1.82, 2.24) is 15.0 Å². The smallest absolute Gasteiger partial charge is 0.112 e. The maximum atomic E-state index is 3.83. The molecule has 10 heavy (non-hydrogen) atoms. The summed E-state index contributed by atoms with van der Waals surface area (Å²) in [6.07, 6.45) is 3.36. The highest BCUT2D eigenvalue weighted by molar-refractivity contribution is 5.56. The molecule has 0 aliphatic rings. The molecule has 0 amide bonds. The summed E-state index contributed by atoms with van der Waals surface area (Å²) in [5, 5.41) is 7.61. The predicted molar refractivity (Wildman–Crippen MR) is 41.2 cm³/mol. The molecule has 0 saturated heterocycles. The summed E-state index contributed by atoms with van der Waals surface area (Å²) in [5.74, 6) is 0. The van der Waals surface area contributed by atoms with Crippen molar-refractivity contribution in [2.45, 2.75) is 0 Å². The number of rotatable bonds is 2. The van der Waals surface area contributed by atoms with Gasteiger partial charge in [0.15, 0.2) is 0 Å². The van der Waals surface area contributed by atoms with E-state index in [0.717, 1.165) is 11.4 Å². The molecule has 0 fully saturated rings. The molecule has 0 aliphatic heterocycles. The van der Waals surface area contributed by atoms with E-state index >= 15 is 0 Å². The fourth-order valence-corrected chi connectivity index (χ4v) is 0.763. The Labute approximate surface area is 59.7 Å². The lowest BCUT2D eigenvalue weighted by molar-refractivity contribution is 0.709. The van der Waals surface area contributed by atoms with Crippen molar-refractivity contribution in [3.63, 3.8) is 0 Å². The van der Waals surface area contributed by atoms with Gasteiger partial charge in [0.25, 0.3) is 0 Å². The van der Waals surface area contributed by atoms with Crippen LogP contribution in [0.4, 0.5) is 0 Å². The lowest BCUT2D eigenvalue weighted by Crippen LogP contribution is -1.92. The minimum absolute atomic E-state index is 0.775. The van der Waals surface area contributed by atoms with E-state index in [2.05, 4.69) is 23.5 Å². The van der Waals surface area contributed by atoms with Crippen LogP contribution in [0.5, 0.6) is 0 Å². The van der Waals surface area contributed by atoms with Gasteiger partial charge >= 0.3 is 0 Å². The Hall–Kier alpha value is -1.38. The Balaban J connectivity index is 3.25. The zero-order chi connectivity index (χ0) is 7.56. The van der Waals surface area contributed by atoms with E-state index in [1.807, 2.05) is 7.05 Å². The zero-order valence-electron chi connectivity index (χ0n) is 5.91. The summed E-state index contributed by atoms with van der Waals surface area (Å²) in [6, 6.07) is 0. The molecule has 0 atom stereocenters. The van der Waals surface area contributed by atoms with Crippen LogP contribution < -0.4 is 0 Å². The largest absolute Gasteiger partial charge is 0.248 e. The van der Waals surface area contributed by atoms with Gasteiger partial charge in [-0.1, -0.05) is 18.4 Å². The second kappa shape index (κ2) is 2.47. The van der Waals surface area contributed by atoms with E-state index < -0.39 is 0 Å². The second-order valence-electron chi connectivity index (χ2n) is 1.89. The average molecular weight is 135 g/mol. The van der Waals surface area contributed by atoms with Crippen molar-refractivity contribution in [2.24, 2.45) is 7.05 Å². The van der Waals surface area contributed by atoms with E-state index in [9.17, 15) is 0 Å². The third-order valence-electron chi connectivity index (χ3n) is 1.28. The molecule has 3 heteroatoms. The highest BCUT2D eigenvalue weighted by atomic mass is 15.4. The van der Waals surface area contributed by atoms with Crippen LogP contribution in [0, 0.1) is 0 Å². The van der Waals surface area contributed by atoms with E-state index in [0.29, 0.717) is 0 Å². The minimum atomic E-state index is 0.775. The molecule has 0 N–H and O–H groups in total. The van der Waals surface area contributed by atoms with E-state index in [-0.39, 0.29) is 0 Å². The van der Waals surface area contributed by atoms with Gasteiger partial charge < -0.3 is 0 Å². The summed E-state index contributed by atoms with van der Waals surface area (Å²) in [4.78, 5) is 0. The summed E-state index contributed by atoms with van der Waals surface area (Å²) < 4.78 is 1.66. The molecule has 1 rings (SSSR count). The lowest BCUT2D eigenvalue weighted by Gasteiger charge is -1.90. The highest BCUT2D eigenvalue weighted by Crippen LogP contribution is 2.05. The normalized spacial score (nSPS) is 9.30. The van der Waals surface area contributed by atoms with Gasteiger partial charge in [-0.25, -0.2) is 4.68 Å². The van der Waals surface area contributed by atoms with Crippen LogP contribution in [0.2, 0.25) is 0 Å². The summed E-state index contributed by atoms with van der Waals surface area (Å²) in [5.41, 5.74) is 1.67. The van der Waals surface area contributed by atoms with Gasteiger partial charge in [0.05, 0.1) is 5.69 Å². The fraction of sp³-hybridized carbons (Fsp3) is 0.143. The first-order valence-corrected chi connectivity index (χ1v) is 2.94. The maximum absolute atomic E-state index is 3.83. The van der Waals surface area contributed by atoms with Crippen LogP contribution in [-0.4, -0.2) is 15.0 Å². The topological polar surface area (TPSA) is 30.7 Å². The first-order valence-electron chi connectivity index (χ1n) is 2.94. The molecule has 1 heterocycles. The highest BCUT2D eigenvalue weighted by Gasteiger charge is 2.00. The molecule has 52 valence electrons. The Morgan fingerprint density at radius 2 is 2.10 bits per heavy atom.